The minimum atomic E-state index is 0.561. The molecule has 4 heteroatoms. The predicted octanol–water partition coefficient (Wildman–Crippen LogP) is 3.18. The molecule has 0 saturated carbocycles. The normalized spacial score (nSPS) is 11.0. The molecule has 3 rings (SSSR count). The van der Waals surface area contributed by atoms with Crippen LogP contribution in [-0.2, 0) is 13.0 Å². The zero-order chi connectivity index (χ0) is 14.8. The van der Waals surface area contributed by atoms with Crippen molar-refractivity contribution in [2.45, 2.75) is 19.9 Å². The van der Waals surface area contributed by atoms with Gasteiger partial charge in [0, 0.05) is 6.54 Å². The Bertz CT molecular complexity index is 777. The van der Waals surface area contributed by atoms with Gasteiger partial charge in [0.05, 0.1) is 18.1 Å². The molecule has 21 heavy (non-hydrogen) atoms. The van der Waals surface area contributed by atoms with Gasteiger partial charge in [0.2, 0.25) is 5.95 Å². The maximum atomic E-state index is 6.06. The van der Waals surface area contributed by atoms with E-state index in [9.17, 15) is 0 Å². The van der Waals surface area contributed by atoms with Gasteiger partial charge in [-0.05, 0) is 42.7 Å². The number of anilines is 1. The molecule has 0 aliphatic carbocycles. The highest BCUT2D eigenvalue weighted by molar-refractivity contribution is 5.79. The van der Waals surface area contributed by atoms with Gasteiger partial charge in [-0.15, -0.1) is 0 Å². The molecule has 2 aromatic carbocycles. The minimum Gasteiger partial charge on any atom is -0.496 e. The fourth-order valence-corrected chi connectivity index (χ4v) is 2.63. The number of aryl methyl sites for hydroxylation is 3. The Balaban J connectivity index is 1.91. The van der Waals surface area contributed by atoms with Crippen LogP contribution in [0, 0.1) is 6.92 Å². The zero-order valence-corrected chi connectivity index (χ0v) is 12.3. The summed E-state index contributed by atoms with van der Waals surface area (Å²) in [7, 11) is 1.70. The molecule has 0 amide bonds. The number of methoxy groups -OCH3 is 1. The lowest BCUT2D eigenvalue weighted by Gasteiger charge is -2.10. The van der Waals surface area contributed by atoms with Gasteiger partial charge in [0.15, 0.2) is 0 Å². The van der Waals surface area contributed by atoms with Gasteiger partial charge in [0.1, 0.15) is 5.75 Å². The number of aromatic nitrogens is 2. The largest absolute Gasteiger partial charge is 0.496 e. The molecule has 0 aliphatic rings. The maximum Gasteiger partial charge on any atom is 0.201 e. The van der Waals surface area contributed by atoms with E-state index >= 15 is 0 Å². The Morgan fingerprint density at radius 3 is 2.81 bits per heavy atom. The van der Waals surface area contributed by atoms with Crippen LogP contribution in [0.15, 0.2) is 42.5 Å². The number of fused-ring (bicyclic) bond motifs is 1. The summed E-state index contributed by atoms with van der Waals surface area (Å²) in [5.41, 5.74) is 10.5. The molecule has 0 aliphatic heterocycles. The average molecular weight is 281 g/mol. The molecule has 0 atom stereocenters. The SMILES string of the molecule is COc1ccccc1CCn1c(N)nc2ccc(C)cc21. The molecule has 0 radical (unpaired) electrons. The van der Waals surface area contributed by atoms with Crippen molar-refractivity contribution in [3.63, 3.8) is 0 Å². The van der Waals surface area contributed by atoms with Gasteiger partial charge in [-0.2, -0.15) is 0 Å². The Labute approximate surface area is 124 Å². The van der Waals surface area contributed by atoms with E-state index in [2.05, 4.69) is 34.7 Å². The van der Waals surface area contributed by atoms with Crippen LogP contribution in [0.4, 0.5) is 5.95 Å². The third-order valence-electron chi connectivity index (χ3n) is 3.73. The molecule has 1 heterocycles. The van der Waals surface area contributed by atoms with E-state index in [-0.39, 0.29) is 0 Å². The summed E-state index contributed by atoms with van der Waals surface area (Å²) in [4.78, 5) is 4.42. The van der Waals surface area contributed by atoms with Gasteiger partial charge >= 0.3 is 0 Å². The first-order valence-electron chi connectivity index (χ1n) is 7.03. The quantitative estimate of drug-likeness (QED) is 0.799. The van der Waals surface area contributed by atoms with Crippen LogP contribution in [0.25, 0.3) is 11.0 Å². The number of rotatable bonds is 4. The monoisotopic (exact) mass is 281 g/mol. The predicted molar refractivity (Wildman–Crippen MR) is 85.6 cm³/mol. The smallest absolute Gasteiger partial charge is 0.201 e. The molecule has 4 nitrogen and oxygen atoms in total. The van der Waals surface area contributed by atoms with Crippen molar-refractivity contribution < 1.29 is 4.74 Å². The second-order valence-corrected chi connectivity index (χ2v) is 5.18. The molecular formula is C17H19N3O. The van der Waals surface area contributed by atoms with Gasteiger partial charge in [-0.1, -0.05) is 24.3 Å². The van der Waals surface area contributed by atoms with Crippen LogP contribution in [0.1, 0.15) is 11.1 Å². The van der Waals surface area contributed by atoms with E-state index in [0.717, 1.165) is 29.7 Å². The van der Waals surface area contributed by atoms with Gasteiger partial charge in [0.25, 0.3) is 0 Å². The zero-order valence-electron chi connectivity index (χ0n) is 12.3. The highest BCUT2D eigenvalue weighted by Gasteiger charge is 2.09. The number of nitrogens with two attached hydrogens (primary N) is 1. The molecular weight excluding hydrogens is 262 g/mol. The van der Waals surface area contributed by atoms with Crippen LogP contribution < -0.4 is 10.5 Å². The van der Waals surface area contributed by atoms with Crippen LogP contribution in [0.2, 0.25) is 0 Å². The van der Waals surface area contributed by atoms with E-state index in [4.69, 9.17) is 10.5 Å². The van der Waals surface area contributed by atoms with E-state index < -0.39 is 0 Å². The summed E-state index contributed by atoms with van der Waals surface area (Å²) >= 11 is 0. The summed E-state index contributed by atoms with van der Waals surface area (Å²) in [6.45, 7) is 2.86. The number of nitrogens with zero attached hydrogens (tertiary/aromatic N) is 2. The second kappa shape index (κ2) is 5.48. The third-order valence-corrected chi connectivity index (χ3v) is 3.73. The standard InChI is InChI=1S/C17H19N3O/c1-12-7-8-14-15(11-12)20(17(18)19-14)10-9-13-5-3-4-6-16(13)21-2/h3-8,11H,9-10H2,1-2H3,(H2,18,19). The highest BCUT2D eigenvalue weighted by atomic mass is 16.5. The average Bonchev–Trinajstić information content (AvgIpc) is 2.80. The molecule has 3 aromatic rings. The molecule has 2 N–H and O–H groups in total. The Morgan fingerprint density at radius 1 is 1.19 bits per heavy atom. The lowest BCUT2D eigenvalue weighted by molar-refractivity contribution is 0.408. The molecule has 0 bridgehead atoms. The molecule has 0 fully saturated rings. The van der Waals surface area contributed by atoms with Crippen LogP contribution in [0.5, 0.6) is 5.75 Å². The van der Waals surface area contributed by atoms with Gasteiger partial charge in [-0.3, -0.25) is 0 Å². The number of imidazole rings is 1. The molecule has 108 valence electrons. The number of hydrogen-bond donors (Lipinski definition) is 1. The molecule has 0 unspecified atom stereocenters. The summed E-state index contributed by atoms with van der Waals surface area (Å²) < 4.78 is 7.46. The Morgan fingerprint density at radius 2 is 2.00 bits per heavy atom. The first-order chi connectivity index (χ1) is 10.2. The van der Waals surface area contributed by atoms with Crippen molar-refractivity contribution in [1.82, 2.24) is 9.55 Å². The third kappa shape index (κ3) is 2.57. The van der Waals surface area contributed by atoms with Crippen molar-refractivity contribution in [3.05, 3.63) is 53.6 Å². The van der Waals surface area contributed by atoms with Crippen LogP contribution in [0.3, 0.4) is 0 Å². The van der Waals surface area contributed by atoms with Crippen molar-refractivity contribution in [1.29, 1.82) is 0 Å². The van der Waals surface area contributed by atoms with Crippen molar-refractivity contribution in [3.8, 4) is 5.75 Å². The number of para-hydroxylation sites is 1. The first-order valence-corrected chi connectivity index (χ1v) is 7.03. The van der Waals surface area contributed by atoms with Crippen LogP contribution >= 0.6 is 0 Å². The summed E-state index contributed by atoms with van der Waals surface area (Å²) in [5, 5.41) is 0. The topological polar surface area (TPSA) is 53.1 Å². The number of benzene rings is 2. The number of nitrogen functional groups attached to an aromatic ring is 1. The maximum absolute atomic E-state index is 6.06. The van der Waals surface area contributed by atoms with Gasteiger partial charge < -0.3 is 15.0 Å². The van der Waals surface area contributed by atoms with Crippen molar-refractivity contribution >= 4 is 17.0 Å². The molecule has 0 saturated heterocycles. The number of hydrogen-bond acceptors (Lipinski definition) is 3. The van der Waals surface area contributed by atoms with E-state index in [1.807, 2.05) is 24.3 Å². The van der Waals surface area contributed by atoms with Crippen molar-refractivity contribution in [2.75, 3.05) is 12.8 Å². The van der Waals surface area contributed by atoms with Gasteiger partial charge in [-0.25, -0.2) is 4.98 Å². The summed E-state index contributed by atoms with van der Waals surface area (Å²) in [5.74, 6) is 1.47. The highest BCUT2D eigenvalue weighted by Crippen LogP contribution is 2.22. The summed E-state index contributed by atoms with van der Waals surface area (Å²) in [6.07, 6.45) is 0.855. The molecule has 0 spiro atoms. The Hall–Kier alpha value is -2.49. The lowest BCUT2D eigenvalue weighted by atomic mass is 10.1. The second-order valence-electron chi connectivity index (χ2n) is 5.18. The first kappa shape index (κ1) is 13.5. The lowest BCUT2D eigenvalue weighted by Crippen LogP contribution is -2.06. The summed E-state index contributed by atoms with van der Waals surface area (Å²) in [6, 6.07) is 14.3. The Kier molecular flexibility index (Phi) is 3.52. The van der Waals surface area contributed by atoms with Crippen LogP contribution in [-0.4, -0.2) is 16.7 Å². The molecule has 1 aromatic heterocycles. The number of ether oxygens (including phenoxy) is 1. The van der Waals surface area contributed by atoms with Crippen molar-refractivity contribution in [2.24, 2.45) is 0 Å². The van der Waals surface area contributed by atoms with E-state index in [1.54, 1.807) is 7.11 Å². The minimum absolute atomic E-state index is 0.561. The fraction of sp³-hybridized carbons (Fsp3) is 0.235. The fourth-order valence-electron chi connectivity index (χ4n) is 2.63. The van der Waals surface area contributed by atoms with E-state index in [0.29, 0.717) is 5.95 Å². The van der Waals surface area contributed by atoms with E-state index in [1.165, 1.54) is 11.1 Å².